The van der Waals surface area contributed by atoms with Gasteiger partial charge in [-0.1, -0.05) is 30.3 Å². The lowest BCUT2D eigenvalue weighted by molar-refractivity contribution is -0.155. The Bertz CT molecular complexity index is 1510. The van der Waals surface area contributed by atoms with Crippen LogP contribution in [0.4, 0.5) is 13.2 Å². The summed E-state index contributed by atoms with van der Waals surface area (Å²) in [5, 5.41) is 0. The van der Waals surface area contributed by atoms with Gasteiger partial charge in [0.1, 0.15) is 42.0 Å². The molecule has 2 aromatic carbocycles. The molecule has 42 heavy (non-hydrogen) atoms. The molecule has 5 rings (SSSR count). The van der Waals surface area contributed by atoms with Crippen molar-refractivity contribution >= 4 is 28.0 Å². The third-order valence-corrected chi connectivity index (χ3v) is 8.02. The molecule has 6 unspecified atom stereocenters. The summed E-state index contributed by atoms with van der Waals surface area (Å²) in [4.78, 5) is 38.3. The molecule has 15 heteroatoms. The minimum Gasteiger partial charge on any atom is -0.748 e. The van der Waals surface area contributed by atoms with Gasteiger partial charge in [0.05, 0.1) is 27.0 Å². The average Bonchev–Trinajstić information content (AvgIpc) is 3.51. The zero-order chi connectivity index (χ0) is 30.6. The summed E-state index contributed by atoms with van der Waals surface area (Å²) in [5.74, 6) is -7.02. The van der Waals surface area contributed by atoms with Crippen molar-refractivity contribution in [2.45, 2.75) is 50.0 Å². The predicted molar refractivity (Wildman–Crippen MR) is 132 cm³/mol. The number of esters is 3. The first-order valence-corrected chi connectivity index (χ1v) is 14.3. The van der Waals surface area contributed by atoms with Crippen LogP contribution in [0.3, 0.4) is 0 Å². The first-order valence-electron chi connectivity index (χ1n) is 12.7. The molecule has 3 aliphatic rings. The fourth-order valence-corrected chi connectivity index (χ4v) is 5.70. The monoisotopic (exact) mass is 613 g/mol. The Morgan fingerprint density at radius 1 is 1.02 bits per heavy atom. The molecule has 3 heterocycles. The Kier molecular flexibility index (Phi) is 7.48. The lowest BCUT2D eigenvalue weighted by Crippen LogP contribution is -2.48. The number of rotatable bonds is 9. The maximum Gasteiger partial charge on any atom is 0.419 e. The standard InChI is InChI=1S/C27H25F3O11S/c1-26(2,14-6-4-3-5-7-14)41-16-12-13(8-9-15(16)27(28,29)30)23(31)39-21-19-17(24(32)37-10-11-42(34,35)36)18-20(38-19)22(21)40-25(18)33/h3-9,12,17-22H,10-11H2,1-2H3,(H,34,35,36)/p-1. The highest BCUT2D eigenvalue weighted by Crippen LogP contribution is 2.51. The number of hydrogen-bond acceptors (Lipinski definition) is 11. The maximum absolute atomic E-state index is 13.8. The number of benzene rings is 2. The molecule has 2 aromatic rings. The van der Waals surface area contributed by atoms with Crippen molar-refractivity contribution in [2.24, 2.45) is 11.8 Å². The summed E-state index contributed by atoms with van der Waals surface area (Å²) in [7, 11) is -4.68. The molecule has 3 saturated heterocycles. The van der Waals surface area contributed by atoms with Gasteiger partial charge in [0, 0.05) is 0 Å². The van der Waals surface area contributed by atoms with E-state index in [4.69, 9.17) is 23.7 Å². The van der Waals surface area contributed by atoms with Crippen molar-refractivity contribution in [3.8, 4) is 5.75 Å². The highest BCUT2D eigenvalue weighted by molar-refractivity contribution is 7.85. The second-order valence-corrected chi connectivity index (χ2v) is 12.0. The fourth-order valence-electron chi connectivity index (χ4n) is 5.41. The van der Waals surface area contributed by atoms with E-state index in [1.165, 1.54) is 0 Å². The molecule has 0 amide bonds. The maximum atomic E-state index is 13.8. The van der Waals surface area contributed by atoms with E-state index < -0.39 is 99.7 Å². The zero-order valence-electron chi connectivity index (χ0n) is 22.0. The number of alkyl halides is 3. The largest absolute Gasteiger partial charge is 0.748 e. The van der Waals surface area contributed by atoms with E-state index in [1.807, 2.05) is 0 Å². The number of ether oxygens (including phenoxy) is 5. The highest BCUT2D eigenvalue weighted by atomic mass is 32.2. The molecular formula is C27H24F3O11S-. The zero-order valence-corrected chi connectivity index (χ0v) is 22.8. The lowest BCUT2D eigenvalue weighted by atomic mass is 9.78. The van der Waals surface area contributed by atoms with E-state index in [0.717, 1.165) is 12.1 Å². The summed E-state index contributed by atoms with van der Waals surface area (Å²) >= 11 is 0. The Hall–Kier alpha value is -3.69. The molecule has 0 aromatic heterocycles. The van der Waals surface area contributed by atoms with Gasteiger partial charge in [-0.2, -0.15) is 13.2 Å². The van der Waals surface area contributed by atoms with Gasteiger partial charge in [-0.05, 0) is 37.6 Å². The second-order valence-electron chi connectivity index (χ2n) is 10.5. The van der Waals surface area contributed by atoms with Crippen molar-refractivity contribution in [3.05, 3.63) is 65.2 Å². The SMILES string of the molecule is CC(C)(Oc1cc(C(=O)OC2C3OC(=O)C4C3OC2C4C(=O)OCCS(=O)(=O)[O-])ccc1C(F)(F)F)c1ccccc1. The molecule has 6 atom stereocenters. The van der Waals surface area contributed by atoms with Gasteiger partial charge in [0.15, 0.2) is 12.2 Å². The van der Waals surface area contributed by atoms with E-state index in [1.54, 1.807) is 44.2 Å². The van der Waals surface area contributed by atoms with E-state index in [0.29, 0.717) is 11.6 Å². The smallest absolute Gasteiger partial charge is 0.419 e. The number of hydrogen-bond donors (Lipinski definition) is 0. The van der Waals surface area contributed by atoms with Crippen LogP contribution in [-0.4, -0.2) is 67.7 Å². The van der Waals surface area contributed by atoms with Crippen LogP contribution >= 0.6 is 0 Å². The van der Waals surface area contributed by atoms with Crippen molar-refractivity contribution < 1.29 is 64.2 Å². The van der Waals surface area contributed by atoms with Crippen molar-refractivity contribution in [2.75, 3.05) is 12.4 Å². The first kappa shape index (κ1) is 29.8. The average molecular weight is 614 g/mol. The molecule has 3 aliphatic heterocycles. The van der Waals surface area contributed by atoms with Crippen LogP contribution in [-0.2, 0) is 50.4 Å². The number of halogens is 3. The second kappa shape index (κ2) is 10.5. The summed E-state index contributed by atoms with van der Waals surface area (Å²) < 4.78 is 101. The number of carbonyl (C=O) groups excluding carboxylic acids is 3. The third kappa shape index (κ3) is 5.68. The van der Waals surface area contributed by atoms with Crippen LogP contribution < -0.4 is 4.74 Å². The molecule has 2 bridgehead atoms. The summed E-state index contributed by atoms with van der Waals surface area (Å²) in [6.07, 6.45) is -9.41. The van der Waals surface area contributed by atoms with Gasteiger partial charge >= 0.3 is 24.1 Å². The van der Waals surface area contributed by atoms with Crippen LogP contribution in [0.2, 0.25) is 0 Å². The Morgan fingerprint density at radius 3 is 2.36 bits per heavy atom. The Morgan fingerprint density at radius 2 is 1.71 bits per heavy atom. The van der Waals surface area contributed by atoms with Gasteiger partial charge in [0.2, 0.25) is 0 Å². The van der Waals surface area contributed by atoms with E-state index in [9.17, 15) is 40.5 Å². The molecule has 3 fully saturated rings. The summed E-state index contributed by atoms with van der Waals surface area (Å²) in [5.41, 5.74) is -2.09. The van der Waals surface area contributed by atoms with Crippen molar-refractivity contribution in [1.29, 1.82) is 0 Å². The Labute approximate surface area is 237 Å². The molecular weight excluding hydrogens is 589 g/mol. The normalized spacial score (nSPS) is 26.6. The van der Waals surface area contributed by atoms with Crippen LogP contribution in [0.1, 0.15) is 35.3 Å². The van der Waals surface area contributed by atoms with Crippen molar-refractivity contribution in [3.63, 3.8) is 0 Å². The van der Waals surface area contributed by atoms with Gasteiger partial charge in [0.25, 0.3) is 0 Å². The van der Waals surface area contributed by atoms with Gasteiger partial charge in [-0.15, -0.1) is 0 Å². The molecule has 0 saturated carbocycles. The van der Waals surface area contributed by atoms with Crippen LogP contribution in [0.25, 0.3) is 0 Å². The number of fused-ring (bicyclic) bond motifs is 1. The minimum absolute atomic E-state index is 0.315. The first-order chi connectivity index (χ1) is 19.6. The van der Waals surface area contributed by atoms with E-state index in [2.05, 4.69) is 0 Å². The third-order valence-electron chi connectivity index (χ3n) is 7.35. The fraction of sp³-hybridized carbons (Fsp3) is 0.444. The van der Waals surface area contributed by atoms with Crippen LogP contribution in [0, 0.1) is 11.8 Å². The van der Waals surface area contributed by atoms with E-state index >= 15 is 0 Å². The predicted octanol–water partition coefficient (Wildman–Crippen LogP) is 2.57. The molecule has 0 spiro atoms. The topological polar surface area (TPSA) is 155 Å². The van der Waals surface area contributed by atoms with Crippen LogP contribution in [0.5, 0.6) is 5.75 Å². The molecule has 0 radical (unpaired) electrons. The Balaban J connectivity index is 1.37. The van der Waals surface area contributed by atoms with Gasteiger partial charge < -0.3 is 28.2 Å². The summed E-state index contributed by atoms with van der Waals surface area (Å²) in [6, 6.07) is 11.0. The summed E-state index contributed by atoms with van der Waals surface area (Å²) in [6.45, 7) is 2.37. The highest BCUT2D eigenvalue weighted by Gasteiger charge is 2.72. The van der Waals surface area contributed by atoms with Crippen molar-refractivity contribution in [1.82, 2.24) is 0 Å². The minimum atomic E-state index is -4.81. The molecule has 0 aliphatic carbocycles. The number of carbonyl (C=O) groups is 3. The van der Waals surface area contributed by atoms with Crippen LogP contribution in [0.15, 0.2) is 48.5 Å². The lowest BCUT2D eigenvalue weighted by Gasteiger charge is -2.29. The molecule has 226 valence electrons. The molecule has 0 N–H and O–H groups in total. The van der Waals surface area contributed by atoms with Gasteiger partial charge in [-0.25, -0.2) is 13.2 Å². The molecule has 11 nitrogen and oxygen atoms in total. The quantitative estimate of drug-likeness (QED) is 0.233. The van der Waals surface area contributed by atoms with Gasteiger partial charge in [-0.3, -0.25) is 9.59 Å². The van der Waals surface area contributed by atoms with E-state index in [-0.39, 0.29) is 5.56 Å².